The highest BCUT2D eigenvalue weighted by Crippen LogP contribution is 2.22. The summed E-state index contributed by atoms with van der Waals surface area (Å²) in [5.41, 5.74) is 1.22. The normalized spacial score (nSPS) is 28.1. The van der Waals surface area contributed by atoms with Crippen molar-refractivity contribution in [3.8, 4) is 0 Å². The predicted octanol–water partition coefficient (Wildman–Crippen LogP) is 1.98. The third kappa shape index (κ3) is 3.77. The van der Waals surface area contributed by atoms with E-state index in [-0.39, 0.29) is 11.8 Å². The van der Waals surface area contributed by atoms with Crippen molar-refractivity contribution in [3.05, 3.63) is 35.9 Å². The molecular formula is C15H21FN2O. The van der Waals surface area contributed by atoms with Gasteiger partial charge in [-0.1, -0.05) is 37.3 Å². The Bertz CT molecular complexity index is 423. The maximum atomic E-state index is 14.1. The summed E-state index contributed by atoms with van der Waals surface area (Å²) in [7, 11) is 0. The number of benzene rings is 1. The van der Waals surface area contributed by atoms with Crippen LogP contribution in [0, 0.1) is 5.92 Å². The van der Waals surface area contributed by atoms with Gasteiger partial charge in [0.2, 0.25) is 5.91 Å². The van der Waals surface area contributed by atoms with E-state index in [1.807, 2.05) is 25.1 Å². The molecule has 1 aromatic carbocycles. The van der Waals surface area contributed by atoms with Crippen molar-refractivity contribution >= 4 is 5.91 Å². The Morgan fingerprint density at radius 3 is 2.68 bits per heavy atom. The van der Waals surface area contributed by atoms with E-state index < -0.39 is 12.2 Å². The van der Waals surface area contributed by atoms with Crippen molar-refractivity contribution in [1.82, 2.24) is 10.2 Å². The summed E-state index contributed by atoms with van der Waals surface area (Å²) in [5, 5.41) is 2.72. The van der Waals surface area contributed by atoms with Crippen LogP contribution in [0.5, 0.6) is 0 Å². The van der Waals surface area contributed by atoms with E-state index in [4.69, 9.17) is 0 Å². The maximum absolute atomic E-state index is 14.1. The number of carbonyl (C=O) groups is 1. The lowest BCUT2D eigenvalue weighted by Gasteiger charge is -2.39. The van der Waals surface area contributed by atoms with Crippen molar-refractivity contribution in [2.75, 3.05) is 13.1 Å². The van der Waals surface area contributed by atoms with Gasteiger partial charge in [-0.3, -0.25) is 9.69 Å². The molecule has 0 aliphatic carbocycles. The molecule has 1 aliphatic heterocycles. The van der Waals surface area contributed by atoms with Gasteiger partial charge >= 0.3 is 0 Å². The van der Waals surface area contributed by atoms with Crippen LogP contribution in [-0.2, 0) is 11.3 Å². The SMILES string of the molecule is CC(=O)N[C@H]1CN(Cc2ccccc2)C[C@@H](C)[C@H]1F. The Morgan fingerprint density at radius 1 is 1.37 bits per heavy atom. The number of rotatable bonds is 3. The first kappa shape index (κ1) is 14.0. The lowest BCUT2D eigenvalue weighted by molar-refractivity contribution is -0.121. The fraction of sp³-hybridized carbons (Fsp3) is 0.533. The van der Waals surface area contributed by atoms with E-state index in [0.29, 0.717) is 6.54 Å². The number of amides is 1. The zero-order valence-electron chi connectivity index (χ0n) is 11.5. The minimum atomic E-state index is -0.962. The second-order valence-corrected chi connectivity index (χ2v) is 5.41. The van der Waals surface area contributed by atoms with Crippen LogP contribution in [-0.4, -0.2) is 36.1 Å². The molecule has 0 spiro atoms. The molecule has 19 heavy (non-hydrogen) atoms. The average molecular weight is 264 g/mol. The van der Waals surface area contributed by atoms with Crippen LogP contribution in [0.2, 0.25) is 0 Å². The third-order valence-electron chi connectivity index (χ3n) is 3.57. The monoisotopic (exact) mass is 264 g/mol. The molecule has 1 fully saturated rings. The minimum Gasteiger partial charge on any atom is -0.349 e. The number of halogens is 1. The van der Waals surface area contributed by atoms with Gasteiger partial charge < -0.3 is 5.32 Å². The summed E-state index contributed by atoms with van der Waals surface area (Å²) in [4.78, 5) is 13.3. The number of carbonyl (C=O) groups excluding carboxylic acids is 1. The summed E-state index contributed by atoms with van der Waals surface area (Å²) in [5.74, 6) is -0.226. The van der Waals surface area contributed by atoms with Crippen LogP contribution in [0.15, 0.2) is 30.3 Å². The quantitative estimate of drug-likeness (QED) is 0.905. The minimum absolute atomic E-state index is 0.0608. The lowest BCUT2D eigenvalue weighted by atomic mass is 9.93. The van der Waals surface area contributed by atoms with E-state index in [1.165, 1.54) is 12.5 Å². The molecule has 0 saturated carbocycles. The Hall–Kier alpha value is -1.42. The Morgan fingerprint density at radius 2 is 2.05 bits per heavy atom. The summed E-state index contributed by atoms with van der Waals surface area (Å²) in [6.07, 6.45) is -0.962. The lowest BCUT2D eigenvalue weighted by Crippen LogP contribution is -2.56. The van der Waals surface area contributed by atoms with E-state index in [9.17, 15) is 9.18 Å². The Balaban J connectivity index is 2.00. The summed E-state index contributed by atoms with van der Waals surface area (Å²) >= 11 is 0. The Labute approximate surface area is 113 Å². The van der Waals surface area contributed by atoms with Gasteiger partial charge in [-0.2, -0.15) is 0 Å². The summed E-state index contributed by atoms with van der Waals surface area (Å²) in [6, 6.07) is 9.74. The molecule has 1 aromatic rings. The molecule has 0 bridgehead atoms. The van der Waals surface area contributed by atoms with Crippen LogP contribution in [0.4, 0.5) is 4.39 Å². The zero-order valence-corrected chi connectivity index (χ0v) is 11.5. The summed E-state index contributed by atoms with van der Waals surface area (Å²) in [6.45, 7) is 5.43. The van der Waals surface area contributed by atoms with Gasteiger partial charge in [0, 0.05) is 32.5 Å². The van der Waals surface area contributed by atoms with Crippen molar-refractivity contribution in [1.29, 1.82) is 0 Å². The van der Waals surface area contributed by atoms with Crippen LogP contribution < -0.4 is 5.32 Å². The van der Waals surface area contributed by atoms with Crippen LogP contribution in [0.25, 0.3) is 0 Å². The van der Waals surface area contributed by atoms with E-state index >= 15 is 0 Å². The first-order chi connectivity index (χ1) is 9.06. The number of nitrogens with zero attached hydrogens (tertiary/aromatic N) is 1. The summed E-state index contributed by atoms with van der Waals surface area (Å²) < 4.78 is 14.1. The van der Waals surface area contributed by atoms with Gasteiger partial charge in [0.1, 0.15) is 6.17 Å². The van der Waals surface area contributed by atoms with Crippen molar-refractivity contribution in [3.63, 3.8) is 0 Å². The molecule has 0 aromatic heterocycles. The van der Waals surface area contributed by atoms with Crippen molar-refractivity contribution in [2.24, 2.45) is 5.92 Å². The zero-order chi connectivity index (χ0) is 13.8. The van der Waals surface area contributed by atoms with Crippen molar-refractivity contribution < 1.29 is 9.18 Å². The largest absolute Gasteiger partial charge is 0.349 e. The number of hydrogen-bond acceptors (Lipinski definition) is 2. The molecule has 2 rings (SSSR count). The number of hydrogen-bond donors (Lipinski definition) is 1. The van der Waals surface area contributed by atoms with Gasteiger partial charge in [0.25, 0.3) is 0 Å². The topological polar surface area (TPSA) is 32.3 Å². The molecule has 3 nitrogen and oxygen atoms in total. The third-order valence-corrected chi connectivity index (χ3v) is 3.57. The fourth-order valence-electron chi connectivity index (χ4n) is 2.72. The second-order valence-electron chi connectivity index (χ2n) is 5.41. The van der Waals surface area contributed by atoms with Crippen LogP contribution in [0.1, 0.15) is 19.4 Å². The molecule has 1 N–H and O–H groups in total. The maximum Gasteiger partial charge on any atom is 0.217 e. The first-order valence-electron chi connectivity index (χ1n) is 6.73. The van der Waals surface area contributed by atoms with Gasteiger partial charge in [0.05, 0.1) is 6.04 Å². The molecule has 1 amide bonds. The molecule has 0 radical (unpaired) electrons. The molecule has 1 aliphatic rings. The van der Waals surface area contributed by atoms with Gasteiger partial charge in [0.15, 0.2) is 0 Å². The molecule has 1 saturated heterocycles. The average Bonchev–Trinajstić information content (AvgIpc) is 2.36. The van der Waals surface area contributed by atoms with E-state index in [0.717, 1.165) is 13.1 Å². The molecule has 1 heterocycles. The van der Waals surface area contributed by atoms with E-state index in [1.54, 1.807) is 0 Å². The highest BCUT2D eigenvalue weighted by molar-refractivity contribution is 5.73. The molecule has 104 valence electrons. The first-order valence-corrected chi connectivity index (χ1v) is 6.73. The smallest absolute Gasteiger partial charge is 0.217 e. The number of likely N-dealkylation sites (tertiary alicyclic amines) is 1. The van der Waals surface area contributed by atoms with Crippen LogP contribution >= 0.6 is 0 Å². The highest BCUT2D eigenvalue weighted by Gasteiger charge is 2.34. The molecule has 4 heteroatoms. The van der Waals surface area contributed by atoms with Gasteiger partial charge in [-0.15, -0.1) is 0 Å². The van der Waals surface area contributed by atoms with Gasteiger partial charge in [-0.05, 0) is 5.56 Å². The number of nitrogens with one attached hydrogen (secondary N) is 1. The number of piperidine rings is 1. The molecule has 3 atom stereocenters. The van der Waals surface area contributed by atoms with Crippen LogP contribution in [0.3, 0.4) is 0 Å². The van der Waals surface area contributed by atoms with Gasteiger partial charge in [-0.25, -0.2) is 4.39 Å². The second kappa shape index (κ2) is 6.15. The number of alkyl halides is 1. The van der Waals surface area contributed by atoms with E-state index in [2.05, 4.69) is 22.3 Å². The molecular weight excluding hydrogens is 243 g/mol. The molecule has 0 unspecified atom stereocenters. The van der Waals surface area contributed by atoms with Crippen molar-refractivity contribution in [2.45, 2.75) is 32.6 Å². The fourth-order valence-corrected chi connectivity index (χ4v) is 2.72. The predicted molar refractivity (Wildman–Crippen MR) is 73.4 cm³/mol. The Kier molecular flexibility index (Phi) is 4.53. The highest BCUT2D eigenvalue weighted by atomic mass is 19.1. The standard InChI is InChI=1S/C15H21FN2O/c1-11-8-18(9-13-6-4-3-5-7-13)10-14(15(11)16)17-12(2)19/h3-7,11,14-15H,8-10H2,1-2H3,(H,17,19)/t11-,14+,15-/m1/s1.